The SMILES string of the molecule is COc1ccccc1CNC(=O)C[S@@](=O)Cc1nc(-c2ccc(C)cc2)oc1C. The first-order chi connectivity index (χ1) is 14.0. The van der Waals surface area contributed by atoms with Gasteiger partial charge in [-0.25, -0.2) is 4.98 Å². The molecule has 29 heavy (non-hydrogen) atoms. The monoisotopic (exact) mass is 412 g/mol. The van der Waals surface area contributed by atoms with Crippen molar-refractivity contribution in [1.29, 1.82) is 0 Å². The lowest BCUT2D eigenvalue weighted by Gasteiger charge is -2.09. The molecule has 2 aromatic carbocycles. The van der Waals surface area contributed by atoms with Crippen molar-refractivity contribution in [1.82, 2.24) is 10.3 Å². The fourth-order valence-corrected chi connectivity index (χ4v) is 3.89. The Labute approximate surface area is 172 Å². The molecule has 1 amide bonds. The summed E-state index contributed by atoms with van der Waals surface area (Å²) < 4.78 is 23.4. The summed E-state index contributed by atoms with van der Waals surface area (Å²) in [5.41, 5.74) is 3.49. The van der Waals surface area contributed by atoms with Gasteiger partial charge in [-0.3, -0.25) is 9.00 Å². The lowest BCUT2D eigenvalue weighted by molar-refractivity contribution is -0.118. The van der Waals surface area contributed by atoms with Crippen molar-refractivity contribution in [2.24, 2.45) is 0 Å². The molecule has 152 valence electrons. The van der Waals surface area contributed by atoms with Gasteiger partial charge in [-0.1, -0.05) is 35.9 Å². The van der Waals surface area contributed by atoms with E-state index < -0.39 is 10.8 Å². The molecule has 0 aliphatic rings. The van der Waals surface area contributed by atoms with Gasteiger partial charge in [0, 0.05) is 28.5 Å². The zero-order valence-electron chi connectivity index (χ0n) is 16.7. The van der Waals surface area contributed by atoms with Crippen LogP contribution in [0, 0.1) is 13.8 Å². The molecule has 0 aliphatic heterocycles. The number of carbonyl (C=O) groups excluding carboxylic acids is 1. The number of hydrogen-bond acceptors (Lipinski definition) is 5. The van der Waals surface area contributed by atoms with Crippen LogP contribution < -0.4 is 10.1 Å². The maximum Gasteiger partial charge on any atom is 0.232 e. The number of carbonyl (C=O) groups is 1. The second-order valence-electron chi connectivity index (χ2n) is 6.71. The fraction of sp³-hybridized carbons (Fsp3) is 0.273. The minimum Gasteiger partial charge on any atom is -0.496 e. The average Bonchev–Trinajstić information content (AvgIpc) is 3.07. The first-order valence-electron chi connectivity index (χ1n) is 9.23. The molecule has 0 radical (unpaired) electrons. The van der Waals surface area contributed by atoms with Gasteiger partial charge >= 0.3 is 0 Å². The molecular weight excluding hydrogens is 388 g/mol. The molecule has 0 bridgehead atoms. The van der Waals surface area contributed by atoms with Gasteiger partial charge < -0.3 is 14.5 Å². The molecule has 0 saturated carbocycles. The van der Waals surface area contributed by atoms with Crippen molar-refractivity contribution < 1.29 is 18.2 Å². The number of benzene rings is 2. The van der Waals surface area contributed by atoms with Crippen molar-refractivity contribution in [3.8, 4) is 17.2 Å². The van der Waals surface area contributed by atoms with E-state index in [-0.39, 0.29) is 17.4 Å². The zero-order valence-corrected chi connectivity index (χ0v) is 17.5. The normalized spacial score (nSPS) is 11.8. The highest BCUT2D eigenvalue weighted by molar-refractivity contribution is 7.84. The molecule has 0 aliphatic carbocycles. The summed E-state index contributed by atoms with van der Waals surface area (Å²) in [6.07, 6.45) is 0. The molecule has 0 unspecified atom stereocenters. The lowest BCUT2D eigenvalue weighted by Crippen LogP contribution is -2.28. The number of oxazole rings is 1. The van der Waals surface area contributed by atoms with Crippen LogP contribution in [0.25, 0.3) is 11.5 Å². The summed E-state index contributed by atoms with van der Waals surface area (Å²) in [5.74, 6) is 1.60. The van der Waals surface area contributed by atoms with Crippen molar-refractivity contribution in [3.05, 3.63) is 71.1 Å². The van der Waals surface area contributed by atoms with E-state index in [0.717, 1.165) is 16.7 Å². The van der Waals surface area contributed by atoms with Crippen LogP contribution in [0.2, 0.25) is 0 Å². The van der Waals surface area contributed by atoms with Crippen LogP contribution >= 0.6 is 0 Å². The average molecular weight is 413 g/mol. The topological polar surface area (TPSA) is 81.4 Å². The van der Waals surface area contributed by atoms with E-state index in [1.165, 1.54) is 0 Å². The molecule has 1 aromatic heterocycles. The minimum atomic E-state index is -1.39. The molecule has 7 heteroatoms. The molecule has 3 aromatic rings. The number of ether oxygens (including phenoxy) is 1. The molecule has 0 spiro atoms. The summed E-state index contributed by atoms with van der Waals surface area (Å²) in [4.78, 5) is 16.6. The van der Waals surface area contributed by atoms with Gasteiger partial charge in [0.15, 0.2) is 0 Å². The highest BCUT2D eigenvalue weighted by Crippen LogP contribution is 2.23. The Morgan fingerprint density at radius 1 is 1.14 bits per heavy atom. The quantitative estimate of drug-likeness (QED) is 0.612. The van der Waals surface area contributed by atoms with Crippen molar-refractivity contribution >= 4 is 16.7 Å². The molecule has 1 heterocycles. The Morgan fingerprint density at radius 3 is 2.59 bits per heavy atom. The number of methoxy groups -OCH3 is 1. The number of amides is 1. The zero-order chi connectivity index (χ0) is 20.8. The number of rotatable bonds is 8. The summed E-state index contributed by atoms with van der Waals surface area (Å²) in [5, 5.41) is 2.79. The Bertz CT molecular complexity index is 1010. The van der Waals surface area contributed by atoms with Gasteiger partial charge in [-0.05, 0) is 32.0 Å². The maximum atomic E-state index is 12.4. The number of nitrogens with zero attached hydrogens (tertiary/aromatic N) is 1. The van der Waals surface area contributed by atoms with Crippen LogP contribution in [0.1, 0.15) is 22.6 Å². The van der Waals surface area contributed by atoms with Crippen LogP contribution in [0.4, 0.5) is 0 Å². The van der Waals surface area contributed by atoms with Crippen LogP contribution in [0.5, 0.6) is 5.75 Å². The van der Waals surface area contributed by atoms with Gasteiger partial charge in [0.1, 0.15) is 17.3 Å². The second-order valence-corrected chi connectivity index (χ2v) is 8.16. The van der Waals surface area contributed by atoms with Gasteiger partial charge in [0.2, 0.25) is 11.8 Å². The van der Waals surface area contributed by atoms with E-state index >= 15 is 0 Å². The van der Waals surface area contributed by atoms with Gasteiger partial charge in [0.05, 0.1) is 18.6 Å². The minimum absolute atomic E-state index is 0.0959. The Balaban J connectivity index is 1.56. The fourth-order valence-electron chi connectivity index (χ4n) is 2.83. The highest BCUT2D eigenvalue weighted by atomic mass is 32.2. The number of nitrogens with one attached hydrogen (secondary N) is 1. The third-order valence-corrected chi connectivity index (χ3v) is 5.63. The van der Waals surface area contributed by atoms with Crippen LogP contribution in [0.15, 0.2) is 52.9 Å². The maximum absolute atomic E-state index is 12.4. The van der Waals surface area contributed by atoms with Gasteiger partial charge in [-0.15, -0.1) is 0 Å². The highest BCUT2D eigenvalue weighted by Gasteiger charge is 2.16. The molecule has 6 nitrogen and oxygen atoms in total. The number of para-hydroxylation sites is 1. The Kier molecular flexibility index (Phi) is 6.82. The first kappa shape index (κ1) is 20.8. The molecular formula is C22H24N2O4S. The predicted octanol–water partition coefficient (Wildman–Crippen LogP) is 3.53. The lowest BCUT2D eigenvalue weighted by atomic mass is 10.1. The number of aryl methyl sites for hydroxylation is 2. The molecule has 1 N–H and O–H groups in total. The van der Waals surface area contributed by atoms with Crippen LogP contribution in [-0.4, -0.2) is 28.0 Å². The van der Waals surface area contributed by atoms with E-state index in [1.807, 2.05) is 55.5 Å². The number of aromatic nitrogens is 1. The van der Waals surface area contributed by atoms with Crippen molar-refractivity contribution in [2.75, 3.05) is 12.9 Å². The third kappa shape index (κ3) is 5.54. The molecule has 1 atom stereocenters. The number of hydrogen-bond donors (Lipinski definition) is 1. The third-order valence-electron chi connectivity index (χ3n) is 4.45. The summed E-state index contributed by atoms with van der Waals surface area (Å²) in [7, 11) is 0.195. The second kappa shape index (κ2) is 9.52. The van der Waals surface area contributed by atoms with Crippen molar-refractivity contribution in [3.63, 3.8) is 0 Å². The van der Waals surface area contributed by atoms with E-state index in [4.69, 9.17) is 9.15 Å². The first-order valence-corrected chi connectivity index (χ1v) is 10.7. The van der Waals surface area contributed by atoms with Crippen LogP contribution in [-0.2, 0) is 27.9 Å². The van der Waals surface area contributed by atoms with Crippen molar-refractivity contribution in [2.45, 2.75) is 26.1 Å². The molecule has 0 saturated heterocycles. The predicted molar refractivity (Wildman–Crippen MR) is 113 cm³/mol. The molecule has 0 fully saturated rings. The summed E-state index contributed by atoms with van der Waals surface area (Å²) >= 11 is 0. The van der Waals surface area contributed by atoms with E-state index in [1.54, 1.807) is 14.0 Å². The summed E-state index contributed by atoms with van der Waals surface area (Å²) in [6, 6.07) is 15.3. The Hall–Kier alpha value is -2.93. The van der Waals surface area contributed by atoms with E-state index in [2.05, 4.69) is 10.3 Å². The largest absolute Gasteiger partial charge is 0.496 e. The molecule has 3 rings (SSSR count). The van der Waals surface area contributed by atoms with E-state index in [0.29, 0.717) is 29.6 Å². The Morgan fingerprint density at radius 2 is 1.86 bits per heavy atom. The van der Waals surface area contributed by atoms with Gasteiger partial charge in [0.25, 0.3) is 0 Å². The standard InChI is InChI=1S/C22H24N2O4S/c1-15-8-10-17(11-9-15)22-24-19(16(2)28-22)13-29(26)14-21(25)23-12-18-6-4-5-7-20(18)27-3/h4-11H,12-14H2,1-3H3,(H,23,25)/t29-/m0/s1. The summed E-state index contributed by atoms with van der Waals surface area (Å²) in [6.45, 7) is 4.12. The smallest absolute Gasteiger partial charge is 0.232 e. The van der Waals surface area contributed by atoms with Gasteiger partial charge in [-0.2, -0.15) is 0 Å². The van der Waals surface area contributed by atoms with E-state index in [9.17, 15) is 9.00 Å². The van der Waals surface area contributed by atoms with Crippen LogP contribution in [0.3, 0.4) is 0 Å².